The van der Waals surface area contributed by atoms with Crippen molar-refractivity contribution in [3.63, 3.8) is 0 Å². The molecule has 7 heteroatoms. The molecule has 0 atom stereocenters. The molecule has 0 saturated heterocycles. The number of hydrogen-bond acceptors (Lipinski definition) is 5. The van der Waals surface area contributed by atoms with E-state index < -0.39 is 0 Å². The first-order valence-corrected chi connectivity index (χ1v) is 7.18. The maximum atomic E-state index is 11.7. The van der Waals surface area contributed by atoms with Crippen molar-refractivity contribution < 1.29 is 19.0 Å². The van der Waals surface area contributed by atoms with Crippen molar-refractivity contribution in [2.24, 2.45) is 5.10 Å². The minimum atomic E-state index is -0.374. The van der Waals surface area contributed by atoms with Crippen LogP contribution >= 0.6 is 11.6 Å². The van der Waals surface area contributed by atoms with Gasteiger partial charge in [-0.3, -0.25) is 4.79 Å². The zero-order valence-electron chi connectivity index (χ0n) is 12.0. The minimum Gasteiger partial charge on any atom is -0.484 e. The van der Waals surface area contributed by atoms with Gasteiger partial charge < -0.3 is 14.2 Å². The van der Waals surface area contributed by atoms with Gasteiger partial charge in [0.1, 0.15) is 5.75 Å². The number of ether oxygens (including phenoxy) is 3. The standard InChI is InChI=1S/C16H13ClN2O4/c17-12-3-1-2-11(6-12)8-18-19-16(20)9-21-13-4-5-14-15(7-13)23-10-22-14/h1-8H,9-10H2,(H,19,20). The predicted molar refractivity (Wildman–Crippen MR) is 85.2 cm³/mol. The topological polar surface area (TPSA) is 69.2 Å². The van der Waals surface area contributed by atoms with Crippen LogP contribution in [0.5, 0.6) is 17.2 Å². The molecule has 1 N–H and O–H groups in total. The fourth-order valence-electron chi connectivity index (χ4n) is 1.91. The number of rotatable bonds is 5. The van der Waals surface area contributed by atoms with Gasteiger partial charge in [0, 0.05) is 11.1 Å². The molecule has 118 valence electrons. The molecular weight excluding hydrogens is 320 g/mol. The number of halogens is 1. The molecule has 0 fully saturated rings. The molecule has 2 aromatic rings. The van der Waals surface area contributed by atoms with Crippen LogP contribution in [0.4, 0.5) is 0 Å². The fourth-order valence-corrected chi connectivity index (χ4v) is 2.11. The number of carbonyl (C=O) groups is 1. The van der Waals surface area contributed by atoms with Gasteiger partial charge in [-0.2, -0.15) is 5.10 Å². The van der Waals surface area contributed by atoms with Gasteiger partial charge in [0.2, 0.25) is 6.79 Å². The summed E-state index contributed by atoms with van der Waals surface area (Å²) in [4.78, 5) is 11.7. The van der Waals surface area contributed by atoms with Crippen LogP contribution in [0, 0.1) is 0 Å². The van der Waals surface area contributed by atoms with Crippen molar-refractivity contribution >= 4 is 23.7 Å². The first kappa shape index (κ1) is 15.2. The summed E-state index contributed by atoms with van der Waals surface area (Å²) < 4.78 is 15.8. The zero-order chi connectivity index (χ0) is 16.1. The van der Waals surface area contributed by atoms with Crippen molar-refractivity contribution in [2.45, 2.75) is 0 Å². The predicted octanol–water partition coefficient (Wildman–Crippen LogP) is 2.60. The summed E-state index contributed by atoms with van der Waals surface area (Å²) in [7, 11) is 0. The van der Waals surface area contributed by atoms with Crippen LogP contribution in [0.1, 0.15) is 5.56 Å². The van der Waals surface area contributed by atoms with Crippen molar-refractivity contribution in [1.82, 2.24) is 5.43 Å². The minimum absolute atomic E-state index is 0.160. The average Bonchev–Trinajstić information content (AvgIpc) is 3.00. The third-order valence-electron chi connectivity index (χ3n) is 2.97. The van der Waals surface area contributed by atoms with Gasteiger partial charge in [0.15, 0.2) is 18.1 Å². The Hall–Kier alpha value is -2.73. The molecule has 0 saturated carbocycles. The first-order chi connectivity index (χ1) is 11.2. The van der Waals surface area contributed by atoms with E-state index in [0.717, 1.165) is 5.56 Å². The molecular formula is C16H13ClN2O4. The van der Waals surface area contributed by atoms with Gasteiger partial charge >= 0.3 is 0 Å². The molecule has 0 aromatic heterocycles. The number of hydrazone groups is 1. The van der Waals surface area contributed by atoms with Crippen LogP contribution in [0.3, 0.4) is 0 Å². The van der Waals surface area contributed by atoms with Crippen molar-refractivity contribution in [3.8, 4) is 17.2 Å². The Kier molecular flexibility index (Phi) is 4.63. The molecule has 3 rings (SSSR count). The van der Waals surface area contributed by atoms with Gasteiger partial charge in [-0.05, 0) is 29.8 Å². The van der Waals surface area contributed by atoms with E-state index in [9.17, 15) is 4.79 Å². The van der Waals surface area contributed by atoms with Crippen molar-refractivity contribution in [2.75, 3.05) is 13.4 Å². The van der Waals surface area contributed by atoms with Gasteiger partial charge in [-0.25, -0.2) is 5.43 Å². The lowest BCUT2D eigenvalue weighted by molar-refractivity contribution is -0.123. The van der Waals surface area contributed by atoms with Crippen molar-refractivity contribution in [3.05, 3.63) is 53.1 Å². The lowest BCUT2D eigenvalue weighted by Crippen LogP contribution is -2.24. The molecule has 1 aliphatic rings. The molecule has 1 aliphatic heterocycles. The molecule has 0 radical (unpaired) electrons. The van der Waals surface area contributed by atoms with E-state index in [1.165, 1.54) is 6.21 Å². The summed E-state index contributed by atoms with van der Waals surface area (Å²) in [6.45, 7) is 0.0318. The monoisotopic (exact) mass is 332 g/mol. The Bertz CT molecular complexity index is 749. The highest BCUT2D eigenvalue weighted by molar-refractivity contribution is 6.30. The van der Waals surface area contributed by atoms with E-state index in [1.807, 2.05) is 6.07 Å². The number of fused-ring (bicyclic) bond motifs is 1. The number of nitrogens with zero attached hydrogens (tertiary/aromatic N) is 1. The smallest absolute Gasteiger partial charge is 0.277 e. The Morgan fingerprint density at radius 3 is 3.00 bits per heavy atom. The fraction of sp³-hybridized carbons (Fsp3) is 0.125. The van der Waals surface area contributed by atoms with Crippen LogP contribution in [-0.4, -0.2) is 25.5 Å². The van der Waals surface area contributed by atoms with Gasteiger partial charge in [0.05, 0.1) is 6.21 Å². The maximum absolute atomic E-state index is 11.7. The van der Waals surface area contributed by atoms with Crippen LogP contribution in [0.25, 0.3) is 0 Å². The molecule has 0 spiro atoms. The molecule has 1 amide bonds. The Morgan fingerprint density at radius 2 is 2.13 bits per heavy atom. The number of hydrogen-bond donors (Lipinski definition) is 1. The SMILES string of the molecule is O=C(COc1ccc2c(c1)OCO2)NN=Cc1cccc(Cl)c1. The second-order valence-electron chi connectivity index (χ2n) is 4.65. The van der Waals surface area contributed by atoms with E-state index in [4.69, 9.17) is 25.8 Å². The lowest BCUT2D eigenvalue weighted by atomic mass is 10.2. The van der Waals surface area contributed by atoms with Gasteiger partial charge in [0.25, 0.3) is 5.91 Å². The number of amides is 1. The summed E-state index contributed by atoms with van der Waals surface area (Å²) in [5, 5.41) is 4.45. The second-order valence-corrected chi connectivity index (χ2v) is 5.09. The Morgan fingerprint density at radius 1 is 1.26 bits per heavy atom. The third-order valence-corrected chi connectivity index (χ3v) is 3.20. The normalized spacial score (nSPS) is 12.4. The zero-order valence-corrected chi connectivity index (χ0v) is 12.7. The van der Waals surface area contributed by atoms with Crippen molar-refractivity contribution in [1.29, 1.82) is 0 Å². The highest BCUT2D eigenvalue weighted by Gasteiger charge is 2.14. The summed E-state index contributed by atoms with van der Waals surface area (Å²) in [5.41, 5.74) is 3.17. The van der Waals surface area contributed by atoms with E-state index in [-0.39, 0.29) is 19.3 Å². The first-order valence-electron chi connectivity index (χ1n) is 6.80. The summed E-state index contributed by atoms with van der Waals surface area (Å²) >= 11 is 5.86. The van der Waals surface area contributed by atoms with Crippen LogP contribution in [0.2, 0.25) is 5.02 Å². The van der Waals surface area contributed by atoms with Gasteiger partial charge in [-0.15, -0.1) is 0 Å². The third kappa shape index (κ3) is 4.14. The summed E-state index contributed by atoms with van der Waals surface area (Å²) in [6.07, 6.45) is 1.50. The Balaban J connectivity index is 1.48. The largest absolute Gasteiger partial charge is 0.484 e. The molecule has 0 aliphatic carbocycles. The maximum Gasteiger partial charge on any atom is 0.277 e. The second kappa shape index (κ2) is 7.02. The van der Waals surface area contributed by atoms with E-state index in [2.05, 4.69) is 10.5 Å². The summed E-state index contributed by atoms with van der Waals surface area (Å²) in [6, 6.07) is 12.2. The highest BCUT2D eigenvalue weighted by Crippen LogP contribution is 2.34. The van der Waals surface area contributed by atoms with E-state index in [0.29, 0.717) is 22.3 Å². The number of nitrogens with one attached hydrogen (secondary N) is 1. The molecule has 0 bridgehead atoms. The summed E-state index contributed by atoms with van der Waals surface area (Å²) in [5.74, 6) is 1.40. The molecule has 6 nitrogen and oxygen atoms in total. The number of carbonyl (C=O) groups excluding carboxylic acids is 1. The molecule has 23 heavy (non-hydrogen) atoms. The quantitative estimate of drug-likeness (QED) is 0.675. The number of benzene rings is 2. The van der Waals surface area contributed by atoms with E-state index in [1.54, 1.807) is 36.4 Å². The molecule has 1 heterocycles. The lowest BCUT2D eigenvalue weighted by Gasteiger charge is -2.05. The molecule has 0 unspecified atom stereocenters. The van der Waals surface area contributed by atoms with Gasteiger partial charge in [-0.1, -0.05) is 23.7 Å². The Labute approximate surface area is 137 Å². The van der Waals surface area contributed by atoms with E-state index >= 15 is 0 Å². The van der Waals surface area contributed by atoms with Crippen LogP contribution < -0.4 is 19.6 Å². The molecule has 2 aromatic carbocycles. The average molecular weight is 333 g/mol. The van der Waals surface area contributed by atoms with Crippen LogP contribution in [-0.2, 0) is 4.79 Å². The highest BCUT2D eigenvalue weighted by atomic mass is 35.5. The van der Waals surface area contributed by atoms with Crippen LogP contribution in [0.15, 0.2) is 47.6 Å².